The molecule has 5 aromatic carbocycles. The summed E-state index contributed by atoms with van der Waals surface area (Å²) in [6.07, 6.45) is 0. The molecule has 3 unspecified atom stereocenters. The van der Waals surface area contributed by atoms with E-state index in [-0.39, 0.29) is 55.7 Å². The highest BCUT2D eigenvalue weighted by atomic mass is 35.5. The van der Waals surface area contributed by atoms with Crippen molar-refractivity contribution in [2.75, 3.05) is 21.3 Å². The summed E-state index contributed by atoms with van der Waals surface area (Å²) >= 11 is 31.2. The smallest absolute Gasteiger partial charge is 0.258 e. The highest BCUT2D eigenvalue weighted by Gasteiger charge is 2.27. The van der Waals surface area contributed by atoms with Gasteiger partial charge in [0.1, 0.15) is 11.4 Å². The number of nitrogens with zero attached hydrogens (tertiary/aromatic N) is 4. The van der Waals surface area contributed by atoms with Crippen molar-refractivity contribution in [3.8, 4) is 0 Å². The van der Waals surface area contributed by atoms with E-state index in [9.17, 15) is 28.8 Å². The van der Waals surface area contributed by atoms with Crippen molar-refractivity contribution in [2.24, 2.45) is 20.5 Å². The zero-order valence-electron chi connectivity index (χ0n) is 33.6. The molecule has 5 rings (SSSR count). The summed E-state index contributed by atoms with van der Waals surface area (Å²) in [5.74, 6) is -3.62. The molecule has 63 heavy (non-hydrogen) atoms. The molecule has 0 aliphatic rings. The lowest BCUT2D eigenvalue weighted by molar-refractivity contribution is -0.127. The van der Waals surface area contributed by atoms with Crippen molar-refractivity contribution in [1.82, 2.24) is 0 Å². The largest absolute Gasteiger partial charge is 0.324 e. The fourth-order valence-corrected chi connectivity index (χ4v) is 6.70. The van der Waals surface area contributed by atoms with Crippen LogP contribution in [0.1, 0.15) is 63.6 Å². The van der Waals surface area contributed by atoms with Gasteiger partial charge in [-0.25, -0.2) is 0 Å². The number of carbonyl (C=O) groups is 6. The Kier molecular flexibility index (Phi) is 17.0. The monoisotopic (exact) mass is 948 g/mol. The number of para-hydroxylation sites is 2. The second kappa shape index (κ2) is 22.4. The van der Waals surface area contributed by atoms with Crippen molar-refractivity contribution in [1.29, 1.82) is 0 Å². The molecule has 0 aromatic heterocycles. The maximum Gasteiger partial charge on any atom is 0.258 e. The molecule has 0 aliphatic carbocycles. The van der Waals surface area contributed by atoms with Gasteiger partial charge in [0, 0.05) is 45.6 Å². The van der Waals surface area contributed by atoms with Gasteiger partial charge in [0.2, 0.25) is 12.1 Å². The van der Waals surface area contributed by atoms with Crippen LogP contribution in [0.25, 0.3) is 0 Å². The number of alkyl halides is 3. The second-order valence-electron chi connectivity index (χ2n) is 13.7. The number of halogens is 5. The fraction of sp³-hybridized carbons (Fsp3) is 0.182. The first kappa shape index (κ1) is 48.0. The van der Waals surface area contributed by atoms with Gasteiger partial charge >= 0.3 is 0 Å². The molecule has 0 radical (unpaired) electrons. The van der Waals surface area contributed by atoms with Crippen LogP contribution in [-0.4, -0.2) is 47.3 Å². The van der Waals surface area contributed by atoms with E-state index >= 15 is 0 Å². The highest BCUT2D eigenvalue weighted by Crippen LogP contribution is 2.33. The highest BCUT2D eigenvalue weighted by molar-refractivity contribution is 6.33. The Morgan fingerprint density at radius 1 is 0.556 bits per heavy atom. The van der Waals surface area contributed by atoms with Gasteiger partial charge in [-0.05, 0) is 104 Å². The number of hydrogen-bond acceptors (Lipinski definition) is 10. The third-order valence-corrected chi connectivity index (χ3v) is 10.5. The average Bonchev–Trinajstić information content (AvgIpc) is 3.25. The number of amides is 4. The van der Waals surface area contributed by atoms with Gasteiger partial charge in [0.25, 0.3) is 23.6 Å². The van der Waals surface area contributed by atoms with Crippen LogP contribution in [0, 0.1) is 0 Å². The Bertz CT molecular complexity index is 2640. The molecular formula is C44H37Cl5N8O6. The maximum absolute atomic E-state index is 13.5. The quantitative estimate of drug-likeness (QED) is 0.0406. The van der Waals surface area contributed by atoms with E-state index in [0.717, 1.165) is 13.8 Å². The van der Waals surface area contributed by atoms with Gasteiger partial charge in [-0.15, -0.1) is 34.8 Å². The summed E-state index contributed by atoms with van der Waals surface area (Å²) in [5.41, 5.74) is 3.57. The van der Waals surface area contributed by atoms with Crippen LogP contribution < -0.4 is 21.3 Å². The minimum atomic E-state index is -1.63. The molecule has 0 saturated carbocycles. The summed E-state index contributed by atoms with van der Waals surface area (Å²) in [6.45, 7) is 3.92. The van der Waals surface area contributed by atoms with Crippen LogP contribution in [0.3, 0.4) is 0 Å². The minimum absolute atomic E-state index is 0.0249. The molecule has 0 aliphatic heterocycles. The van der Waals surface area contributed by atoms with Gasteiger partial charge in [-0.2, -0.15) is 20.5 Å². The van der Waals surface area contributed by atoms with Crippen LogP contribution in [0.5, 0.6) is 0 Å². The fourth-order valence-electron chi connectivity index (χ4n) is 5.74. The Balaban J connectivity index is 1.29. The van der Waals surface area contributed by atoms with E-state index in [2.05, 4.69) is 41.7 Å². The number of Topliss-reactive ketones (excluding diaryl/α,β-unsaturated/α-hetero) is 2. The molecular weight excluding hydrogens is 914 g/mol. The zero-order valence-corrected chi connectivity index (χ0v) is 37.4. The van der Waals surface area contributed by atoms with E-state index in [1.165, 1.54) is 54.6 Å². The number of anilines is 4. The SMILES string of the molecule is CC(=O)C(N=Nc1cc(C(=O)Nc2ccccc2CCl)ccc1Cl)C(=O)Nc1ccc(NC(=O)C(N=Nc2cc(C(=O)Nc3ccccc3CCl)ccc2Cl)C(C)=O)c(C(C)Cl)c1. The molecule has 0 fully saturated rings. The van der Waals surface area contributed by atoms with Crippen LogP contribution >= 0.6 is 58.0 Å². The third-order valence-electron chi connectivity index (χ3n) is 9.07. The molecule has 0 saturated heterocycles. The summed E-state index contributed by atoms with van der Waals surface area (Å²) < 4.78 is 0. The van der Waals surface area contributed by atoms with Crippen molar-refractivity contribution < 1.29 is 28.8 Å². The predicted octanol–water partition coefficient (Wildman–Crippen LogP) is 11.6. The summed E-state index contributed by atoms with van der Waals surface area (Å²) in [5, 5.41) is 26.3. The van der Waals surface area contributed by atoms with Crippen molar-refractivity contribution >= 4 is 127 Å². The van der Waals surface area contributed by atoms with Crippen LogP contribution in [0.2, 0.25) is 10.0 Å². The Labute approximate surface area is 386 Å². The lowest BCUT2D eigenvalue weighted by Gasteiger charge is -2.17. The van der Waals surface area contributed by atoms with Crippen LogP contribution in [-0.2, 0) is 30.9 Å². The molecule has 0 heterocycles. The van der Waals surface area contributed by atoms with Gasteiger partial charge in [-0.1, -0.05) is 59.6 Å². The summed E-state index contributed by atoms with van der Waals surface area (Å²) in [7, 11) is 0. The molecule has 3 atom stereocenters. The Morgan fingerprint density at radius 3 is 1.43 bits per heavy atom. The number of carbonyl (C=O) groups excluding carboxylic acids is 6. The van der Waals surface area contributed by atoms with E-state index in [0.29, 0.717) is 28.1 Å². The molecule has 0 bridgehead atoms. The normalized spacial score (nSPS) is 12.6. The van der Waals surface area contributed by atoms with E-state index in [4.69, 9.17) is 58.0 Å². The predicted molar refractivity (Wildman–Crippen MR) is 247 cm³/mol. The van der Waals surface area contributed by atoms with Crippen LogP contribution in [0.4, 0.5) is 34.1 Å². The first-order valence-corrected chi connectivity index (χ1v) is 21.1. The van der Waals surface area contributed by atoms with Gasteiger partial charge in [-0.3, -0.25) is 28.8 Å². The van der Waals surface area contributed by atoms with E-state index in [1.807, 2.05) is 0 Å². The second-order valence-corrected chi connectivity index (χ2v) is 15.7. The zero-order chi connectivity index (χ0) is 45.8. The summed E-state index contributed by atoms with van der Waals surface area (Å²) in [6, 6.07) is 23.7. The molecule has 14 nitrogen and oxygen atoms in total. The number of azo groups is 2. The van der Waals surface area contributed by atoms with E-state index < -0.39 is 52.7 Å². The lowest BCUT2D eigenvalue weighted by atomic mass is 10.1. The molecule has 4 N–H and O–H groups in total. The molecule has 19 heteroatoms. The van der Waals surface area contributed by atoms with Gasteiger partial charge in [0.15, 0.2) is 11.6 Å². The number of nitrogens with one attached hydrogen (secondary N) is 4. The van der Waals surface area contributed by atoms with E-state index in [1.54, 1.807) is 55.5 Å². The van der Waals surface area contributed by atoms with Gasteiger partial charge < -0.3 is 21.3 Å². The Hall–Kier alpha value is -6.03. The minimum Gasteiger partial charge on any atom is -0.324 e. The van der Waals surface area contributed by atoms with Crippen molar-refractivity contribution in [2.45, 2.75) is 50.0 Å². The topological polar surface area (TPSA) is 200 Å². The standard InChI is InChI=1S/C44H37Cl5N8O6/c1-23(47)31-20-30(50-43(62)39(24(2)58)56-54-37-18-26(12-15-32(37)48)41(60)51-34-10-6-4-8-28(34)21-45)14-17-36(31)53-44(63)40(25(3)59)57-55-38-19-27(13-16-33(38)49)42(61)52-35-11-7-5-9-29(35)22-46/h4-20,23,39-40H,21-22H2,1-3H3,(H,50,62)(H,51,60)(H,52,61)(H,53,63). The van der Waals surface area contributed by atoms with Gasteiger partial charge in [0.05, 0.1) is 15.4 Å². The van der Waals surface area contributed by atoms with Crippen LogP contribution in [0.15, 0.2) is 124 Å². The first-order valence-electron chi connectivity index (χ1n) is 18.8. The van der Waals surface area contributed by atoms with Crippen molar-refractivity contribution in [3.63, 3.8) is 0 Å². The molecule has 324 valence electrons. The molecule has 5 aromatic rings. The number of rotatable bonds is 17. The molecule has 0 spiro atoms. The first-order chi connectivity index (χ1) is 30.1. The maximum atomic E-state index is 13.5. The third kappa shape index (κ3) is 12.8. The number of benzene rings is 5. The number of hydrogen-bond donors (Lipinski definition) is 4. The number of ketones is 2. The lowest BCUT2D eigenvalue weighted by Crippen LogP contribution is -2.32. The summed E-state index contributed by atoms with van der Waals surface area (Å²) in [4.78, 5) is 78.3. The Morgan fingerprint density at radius 2 is 1.00 bits per heavy atom. The molecule has 4 amide bonds. The van der Waals surface area contributed by atoms with Crippen molar-refractivity contribution in [3.05, 3.63) is 141 Å². The average molecular weight is 951 g/mol.